The standard InChI is InChI=1S/C17H31N/c1-3-5-7-8-10-13-17-15-11-14-16(18-17)12-9-6-4-2/h3-4,16-18H,1-2,5-15H2/t16-,17+/m0/s1. The Morgan fingerprint density at radius 2 is 1.44 bits per heavy atom. The monoisotopic (exact) mass is 249 g/mol. The molecule has 0 radical (unpaired) electrons. The van der Waals surface area contributed by atoms with Crippen LogP contribution in [0.15, 0.2) is 25.3 Å². The number of rotatable bonds is 10. The van der Waals surface area contributed by atoms with Crippen molar-refractivity contribution < 1.29 is 0 Å². The predicted molar refractivity (Wildman–Crippen MR) is 81.9 cm³/mol. The molecule has 0 unspecified atom stereocenters. The molecule has 1 saturated heterocycles. The molecule has 1 heteroatoms. The molecule has 1 aliphatic rings. The molecule has 1 N–H and O–H groups in total. The first-order chi connectivity index (χ1) is 8.86. The van der Waals surface area contributed by atoms with Gasteiger partial charge in [0, 0.05) is 12.1 Å². The maximum absolute atomic E-state index is 3.85. The quantitative estimate of drug-likeness (QED) is 0.425. The fourth-order valence-electron chi connectivity index (χ4n) is 2.93. The largest absolute Gasteiger partial charge is 0.311 e. The van der Waals surface area contributed by atoms with Crippen LogP contribution in [0.1, 0.15) is 70.6 Å². The summed E-state index contributed by atoms with van der Waals surface area (Å²) in [6, 6.07) is 1.56. The van der Waals surface area contributed by atoms with Gasteiger partial charge in [0.25, 0.3) is 0 Å². The lowest BCUT2D eigenvalue weighted by molar-refractivity contribution is 0.288. The van der Waals surface area contributed by atoms with Gasteiger partial charge in [0.2, 0.25) is 0 Å². The molecule has 0 aromatic heterocycles. The van der Waals surface area contributed by atoms with E-state index in [1.54, 1.807) is 0 Å². The lowest BCUT2D eigenvalue weighted by atomic mass is 9.92. The fraction of sp³-hybridized carbons (Fsp3) is 0.765. The summed E-state index contributed by atoms with van der Waals surface area (Å²) in [5, 5.41) is 3.85. The fourth-order valence-corrected chi connectivity index (χ4v) is 2.93. The second kappa shape index (κ2) is 10.4. The first kappa shape index (κ1) is 15.5. The minimum atomic E-state index is 0.775. The maximum atomic E-state index is 3.85. The van der Waals surface area contributed by atoms with Crippen LogP contribution in [0.5, 0.6) is 0 Å². The minimum Gasteiger partial charge on any atom is -0.311 e. The molecule has 1 heterocycles. The smallest absolute Gasteiger partial charge is 0.00697 e. The van der Waals surface area contributed by atoms with E-state index >= 15 is 0 Å². The van der Waals surface area contributed by atoms with E-state index in [9.17, 15) is 0 Å². The number of hydrogen-bond acceptors (Lipinski definition) is 1. The van der Waals surface area contributed by atoms with Crippen LogP contribution in [-0.4, -0.2) is 12.1 Å². The van der Waals surface area contributed by atoms with E-state index in [0.29, 0.717) is 0 Å². The van der Waals surface area contributed by atoms with Crippen molar-refractivity contribution in [1.29, 1.82) is 0 Å². The summed E-state index contributed by atoms with van der Waals surface area (Å²) >= 11 is 0. The van der Waals surface area contributed by atoms with E-state index < -0.39 is 0 Å². The molecule has 1 aliphatic heterocycles. The van der Waals surface area contributed by atoms with Gasteiger partial charge in [-0.25, -0.2) is 0 Å². The van der Waals surface area contributed by atoms with Crippen molar-refractivity contribution in [3.63, 3.8) is 0 Å². The second-order valence-corrected chi connectivity index (χ2v) is 5.64. The summed E-state index contributed by atoms with van der Waals surface area (Å²) < 4.78 is 0. The van der Waals surface area contributed by atoms with Crippen molar-refractivity contribution in [2.24, 2.45) is 0 Å². The summed E-state index contributed by atoms with van der Waals surface area (Å²) in [6.45, 7) is 7.57. The Labute approximate surface area is 114 Å². The van der Waals surface area contributed by atoms with Gasteiger partial charge in [0.05, 0.1) is 0 Å². The molecule has 0 saturated carbocycles. The second-order valence-electron chi connectivity index (χ2n) is 5.64. The van der Waals surface area contributed by atoms with Gasteiger partial charge in [-0.15, -0.1) is 13.2 Å². The van der Waals surface area contributed by atoms with Crippen molar-refractivity contribution in [3.8, 4) is 0 Å². The highest BCUT2D eigenvalue weighted by Crippen LogP contribution is 2.20. The highest BCUT2D eigenvalue weighted by molar-refractivity contribution is 4.81. The summed E-state index contributed by atoms with van der Waals surface area (Å²) in [7, 11) is 0. The predicted octanol–water partition coefficient (Wildman–Crippen LogP) is 4.99. The van der Waals surface area contributed by atoms with Crippen LogP contribution in [0, 0.1) is 0 Å². The Kier molecular flexibility index (Phi) is 8.93. The number of hydrogen-bond donors (Lipinski definition) is 1. The van der Waals surface area contributed by atoms with Crippen LogP contribution in [0.25, 0.3) is 0 Å². The molecule has 18 heavy (non-hydrogen) atoms. The average molecular weight is 249 g/mol. The molecule has 104 valence electrons. The molecule has 0 spiro atoms. The van der Waals surface area contributed by atoms with Crippen molar-refractivity contribution in [3.05, 3.63) is 25.3 Å². The van der Waals surface area contributed by atoms with Gasteiger partial charge in [0.15, 0.2) is 0 Å². The normalized spacial score (nSPS) is 23.8. The van der Waals surface area contributed by atoms with Gasteiger partial charge < -0.3 is 5.32 Å². The molecule has 1 rings (SSSR count). The Bertz CT molecular complexity index is 222. The van der Waals surface area contributed by atoms with Gasteiger partial charge in [-0.2, -0.15) is 0 Å². The first-order valence-corrected chi connectivity index (χ1v) is 7.84. The number of unbranched alkanes of at least 4 members (excludes halogenated alkanes) is 4. The van der Waals surface area contributed by atoms with Crippen LogP contribution < -0.4 is 5.32 Å². The van der Waals surface area contributed by atoms with Gasteiger partial charge in [0.1, 0.15) is 0 Å². The van der Waals surface area contributed by atoms with Gasteiger partial charge in [-0.1, -0.05) is 31.4 Å². The Morgan fingerprint density at radius 1 is 0.833 bits per heavy atom. The summed E-state index contributed by atoms with van der Waals surface area (Å²) in [6.07, 6.45) is 18.7. The molecule has 0 aromatic rings. The number of allylic oxidation sites excluding steroid dienone is 2. The van der Waals surface area contributed by atoms with Crippen LogP contribution in [0.4, 0.5) is 0 Å². The van der Waals surface area contributed by atoms with Crippen molar-refractivity contribution in [2.75, 3.05) is 0 Å². The molecule has 0 aliphatic carbocycles. The number of piperidine rings is 1. The lowest BCUT2D eigenvalue weighted by Gasteiger charge is -2.31. The van der Waals surface area contributed by atoms with Crippen molar-refractivity contribution in [1.82, 2.24) is 5.32 Å². The zero-order valence-electron chi connectivity index (χ0n) is 12.0. The van der Waals surface area contributed by atoms with E-state index in [-0.39, 0.29) is 0 Å². The van der Waals surface area contributed by atoms with Crippen LogP contribution in [0.2, 0.25) is 0 Å². The van der Waals surface area contributed by atoms with Gasteiger partial charge >= 0.3 is 0 Å². The van der Waals surface area contributed by atoms with Crippen molar-refractivity contribution >= 4 is 0 Å². The molecular weight excluding hydrogens is 218 g/mol. The third kappa shape index (κ3) is 7.00. The molecule has 0 amide bonds. The molecule has 1 fully saturated rings. The zero-order valence-corrected chi connectivity index (χ0v) is 12.0. The van der Waals surface area contributed by atoms with Crippen LogP contribution in [0.3, 0.4) is 0 Å². The molecule has 2 atom stereocenters. The van der Waals surface area contributed by atoms with E-state index in [1.807, 2.05) is 12.2 Å². The summed E-state index contributed by atoms with van der Waals surface area (Å²) in [4.78, 5) is 0. The van der Waals surface area contributed by atoms with E-state index in [1.165, 1.54) is 70.6 Å². The van der Waals surface area contributed by atoms with E-state index in [2.05, 4.69) is 18.5 Å². The topological polar surface area (TPSA) is 12.0 Å². The highest BCUT2D eigenvalue weighted by Gasteiger charge is 2.19. The third-order valence-corrected chi connectivity index (χ3v) is 4.00. The Balaban J connectivity index is 2.06. The van der Waals surface area contributed by atoms with Gasteiger partial charge in [-0.05, 0) is 51.4 Å². The molecule has 0 aromatic carbocycles. The maximum Gasteiger partial charge on any atom is 0.00697 e. The summed E-state index contributed by atoms with van der Waals surface area (Å²) in [5.74, 6) is 0. The van der Waals surface area contributed by atoms with E-state index in [0.717, 1.165) is 12.1 Å². The van der Waals surface area contributed by atoms with Crippen molar-refractivity contribution in [2.45, 2.75) is 82.7 Å². The van der Waals surface area contributed by atoms with Crippen LogP contribution in [-0.2, 0) is 0 Å². The SMILES string of the molecule is C=CCCCCC[C@@H]1CCC[C@H](CCCC=C)N1. The Hall–Kier alpha value is -0.560. The summed E-state index contributed by atoms with van der Waals surface area (Å²) in [5.41, 5.74) is 0. The van der Waals surface area contributed by atoms with Crippen LogP contribution >= 0.6 is 0 Å². The zero-order chi connectivity index (χ0) is 13.1. The number of nitrogens with one attached hydrogen (secondary N) is 1. The molecule has 0 bridgehead atoms. The molecule has 1 nitrogen and oxygen atoms in total. The lowest BCUT2D eigenvalue weighted by Crippen LogP contribution is -2.42. The average Bonchev–Trinajstić information content (AvgIpc) is 2.39. The van der Waals surface area contributed by atoms with Gasteiger partial charge in [-0.3, -0.25) is 0 Å². The first-order valence-electron chi connectivity index (χ1n) is 7.84. The Morgan fingerprint density at radius 3 is 2.11 bits per heavy atom. The minimum absolute atomic E-state index is 0.775. The molecular formula is C17H31N. The van der Waals surface area contributed by atoms with E-state index in [4.69, 9.17) is 0 Å². The third-order valence-electron chi connectivity index (χ3n) is 4.00. The highest BCUT2D eigenvalue weighted by atomic mass is 15.0.